The van der Waals surface area contributed by atoms with Gasteiger partial charge in [-0.2, -0.15) is 0 Å². The summed E-state index contributed by atoms with van der Waals surface area (Å²) in [5, 5.41) is 3.95. The van der Waals surface area contributed by atoms with Gasteiger partial charge in [0.25, 0.3) is 0 Å². The number of hydrogen-bond acceptors (Lipinski definition) is 2. The average molecular weight is 317 g/mol. The predicted octanol–water partition coefficient (Wildman–Crippen LogP) is 4.07. The maximum atomic E-state index is 12.4. The lowest BCUT2D eigenvalue weighted by atomic mass is 10.1. The van der Waals surface area contributed by atoms with Crippen molar-refractivity contribution in [3.63, 3.8) is 0 Å². The monoisotopic (exact) mass is 316 g/mol. The van der Waals surface area contributed by atoms with E-state index in [4.69, 9.17) is 11.6 Å². The maximum Gasteiger partial charge on any atom is 0.178 e. The van der Waals surface area contributed by atoms with Crippen LogP contribution in [0.25, 0.3) is 0 Å². The molecule has 116 valence electrons. The number of aryl methyl sites for hydroxylation is 1. The summed E-state index contributed by atoms with van der Waals surface area (Å²) in [6, 6.07) is 10.3. The van der Waals surface area contributed by atoms with Crippen LogP contribution in [-0.2, 0) is 6.54 Å². The quantitative estimate of drug-likeness (QED) is 0.815. The minimum Gasteiger partial charge on any atom is -0.345 e. The third-order valence-electron chi connectivity index (χ3n) is 4.22. The summed E-state index contributed by atoms with van der Waals surface area (Å²) in [6.07, 6.45) is 2.47. The number of nitrogens with zero attached hydrogens (tertiary/aromatic N) is 1. The van der Waals surface area contributed by atoms with Gasteiger partial charge in [-0.15, -0.1) is 0 Å². The molecule has 1 fully saturated rings. The molecule has 0 amide bonds. The lowest BCUT2D eigenvalue weighted by Gasteiger charge is -2.08. The average Bonchev–Trinajstić information content (AvgIpc) is 3.27. The van der Waals surface area contributed by atoms with Crippen LogP contribution in [0.1, 0.15) is 46.2 Å². The second-order valence-electron chi connectivity index (χ2n) is 6.04. The van der Waals surface area contributed by atoms with Crippen LogP contribution in [0.4, 0.5) is 0 Å². The number of aromatic nitrogens is 1. The molecule has 0 saturated heterocycles. The molecular weight excluding hydrogens is 296 g/mol. The second kappa shape index (κ2) is 6.27. The van der Waals surface area contributed by atoms with Crippen LogP contribution in [0.5, 0.6) is 0 Å². The Balaban J connectivity index is 1.60. The molecule has 0 aliphatic heterocycles. The molecule has 3 rings (SSSR count). The van der Waals surface area contributed by atoms with Crippen molar-refractivity contribution in [2.45, 2.75) is 39.3 Å². The van der Waals surface area contributed by atoms with E-state index in [0.717, 1.165) is 21.8 Å². The van der Waals surface area contributed by atoms with Crippen molar-refractivity contribution >= 4 is 17.4 Å². The molecule has 0 atom stereocenters. The summed E-state index contributed by atoms with van der Waals surface area (Å²) in [6.45, 7) is 5.17. The van der Waals surface area contributed by atoms with Crippen molar-refractivity contribution in [2.24, 2.45) is 0 Å². The first-order chi connectivity index (χ1) is 10.6. The third-order valence-corrected chi connectivity index (χ3v) is 4.48. The van der Waals surface area contributed by atoms with Crippen LogP contribution in [0, 0.1) is 13.8 Å². The highest BCUT2D eigenvalue weighted by atomic mass is 35.5. The first-order valence-corrected chi connectivity index (χ1v) is 8.11. The van der Waals surface area contributed by atoms with Crippen molar-refractivity contribution in [2.75, 3.05) is 6.54 Å². The molecular formula is C18H21ClN2O. The molecule has 22 heavy (non-hydrogen) atoms. The third kappa shape index (κ3) is 3.26. The van der Waals surface area contributed by atoms with Crippen LogP contribution < -0.4 is 5.32 Å². The smallest absolute Gasteiger partial charge is 0.178 e. The van der Waals surface area contributed by atoms with Gasteiger partial charge >= 0.3 is 0 Å². The topological polar surface area (TPSA) is 34.0 Å². The highest BCUT2D eigenvalue weighted by Crippen LogP contribution is 2.38. The zero-order chi connectivity index (χ0) is 15.7. The Morgan fingerprint density at radius 2 is 1.95 bits per heavy atom. The van der Waals surface area contributed by atoms with Crippen molar-refractivity contribution in [3.8, 4) is 0 Å². The number of ketones is 1. The van der Waals surface area contributed by atoms with E-state index in [2.05, 4.69) is 23.7 Å². The molecule has 0 radical (unpaired) electrons. The zero-order valence-corrected chi connectivity index (χ0v) is 13.8. The molecule has 1 aromatic carbocycles. The Morgan fingerprint density at radius 1 is 1.27 bits per heavy atom. The molecule has 4 heteroatoms. The maximum absolute atomic E-state index is 12.4. The van der Waals surface area contributed by atoms with Crippen LogP contribution >= 0.6 is 11.6 Å². The SMILES string of the molecule is Cc1cc(C(=O)CNCc2ccc(Cl)cc2)c(C)n1C1CC1. The van der Waals surface area contributed by atoms with E-state index in [9.17, 15) is 4.79 Å². The van der Waals surface area contributed by atoms with Crippen LogP contribution in [-0.4, -0.2) is 16.9 Å². The summed E-state index contributed by atoms with van der Waals surface area (Å²) in [5.41, 5.74) is 4.29. The van der Waals surface area contributed by atoms with E-state index >= 15 is 0 Å². The number of carbonyl (C=O) groups is 1. The van der Waals surface area contributed by atoms with Crippen LogP contribution in [0.3, 0.4) is 0 Å². The Morgan fingerprint density at radius 3 is 2.59 bits per heavy atom. The highest BCUT2D eigenvalue weighted by Gasteiger charge is 2.28. The summed E-state index contributed by atoms with van der Waals surface area (Å²) in [4.78, 5) is 12.4. The molecule has 0 unspecified atom stereocenters. The molecule has 2 aromatic rings. The fourth-order valence-electron chi connectivity index (χ4n) is 2.97. The van der Waals surface area contributed by atoms with E-state index in [-0.39, 0.29) is 5.78 Å². The summed E-state index contributed by atoms with van der Waals surface area (Å²) in [7, 11) is 0. The van der Waals surface area contributed by atoms with Gasteiger partial charge in [-0.1, -0.05) is 23.7 Å². The molecule has 1 N–H and O–H groups in total. The molecule has 3 nitrogen and oxygen atoms in total. The number of halogens is 1. The van der Waals surface area contributed by atoms with Gasteiger partial charge in [0, 0.05) is 34.6 Å². The first kappa shape index (κ1) is 15.3. The lowest BCUT2D eigenvalue weighted by Crippen LogP contribution is -2.23. The van der Waals surface area contributed by atoms with Crippen LogP contribution in [0.15, 0.2) is 30.3 Å². The zero-order valence-electron chi connectivity index (χ0n) is 13.0. The van der Waals surface area contributed by atoms with Crippen LogP contribution in [0.2, 0.25) is 5.02 Å². The Kier molecular flexibility index (Phi) is 4.37. The molecule has 1 aromatic heterocycles. The number of Topliss-reactive ketones (excluding diaryl/α,β-unsaturated/α-hetero) is 1. The van der Waals surface area contributed by atoms with Crippen molar-refractivity contribution in [1.82, 2.24) is 9.88 Å². The Hall–Kier alpha value is -1.58. The molecule has 0 spiro atoms. The molecule has 1 saturated carbocycles. The van der Waals surface area contributed by atoms with E-state index < -0.39 is 0 Å². The van der Waals surface area contributed by atoms with E-state index in [0.29, 0.717) is 19.1 Å². The van der Waals surface area contributed by atoms with E-state index in [1.807, 2.05) is 30.3 Å². The van der Waals surface area contributed by atoms with Gasteiger partial charge in [-0.25, -0.2) is 0 Å². The molecule has 1 aliphatic rings. The van der Waals surface area contributed by atoms with Gasteiger partial charge in [-0.3, -0.25) is 4.79 Å². The normalized spacial score (nSPS) is 14.3. The minimum absolute atomic E-state index is 0.161. The van der Waals surface area contributed by atoms with Gasteiger partial charge in [0.05, 0.1) is 6.54 Å². The van der Waals surface area contributed by atoms with E-state index in [1.54, 1.807) is 0 Å². The summed E-state index contributed by atoms with van der Waals surface area (Å²) < 4.78 is 2.31. The second-order valence-corrected chi connectivity index (χ2v) is 6.48. The largest absolute Gasteiger partial charge is 0.345 e. The van der Waals surface area contributed by atoms with Gasteiger partial charge in [0.1, 0.15) is 0 Å². The molecule has 0 bridgehead atoms. The summed E-state index contributed by atoms with van der Waals surface area (Å²) >= 11 is 5.86. The number of hydrogen-bond donors (Lipinski definition) is 1. The van der Waals surface area contributed by atoms with Gasteiger partial charge in [0.2, 0.25) is 0 Å². The van der Waals surface area contributed by atoms with Gasteiger partial charge in [0.15, 0.2) is 5.78 Å². The standard InChI is InChI=1S/C18H21ClN2O/c1-12-9-17(13(2)21(12)16-7-8-16)18(22)11-20-10-14-3-5-15(19)6-4-14/h3-6,9,16,20H,7-8,10-11H2,1-2H3. The van der Waals surface area contributed by atoms with Gasteiger partial charge < -0.3 is 9.88 Å². The first-order valence-electron chi connectivity index (χ1n) is 7.73. The Bertz CT molecular complexity index is 684. The fourth-order valence-corrected chi connectivity index (χ4v) is 3.10. The van der Waals surface area contributed by atoms with E-state index in [1.165, 1.54) is 18.5 Å². The Labute approximate surface area is 136 Å². The van der Waals surface area contributed by atoms with Crippen molar-refractivity contribution < 1.29 is 4.79 Å². The highest BCUT2D eigenvalue weighted by molar-refractivity contribution is 6.30. The van der Waals surface area contributed by atoms with Gasteiger partial charge in [-0.05, 0) is 50.5 Å². The molecule has 1 aliphatic carbocycles. The number of carbonyl (C=O) groups excluding carboxylic acids is 1. The number of nitrogens with one attached hydrogen (secondary N) is 1. The number of rotatable bonds is 6. The predicted molar refractivity (Wildman–Crippen MR) is 89.7 cm³/mol. The lowest BCUT2D eigenvalue weighted by molar-refractivity contribution is 0.0990. The fraction of sp³-hybridized carbons (Fsp3) is 0.389. The number of benzene rings is 1. The minimum atomic E-state index is 0.161. The molecule has 1 heterocycles. The van der Waals surface area contributed by atoms with Crippen molar-refractivity contribution in [1.29, 1.82) is 0 Å². The van der Waals surface area contributed by atoms with Crippen molar-refractivity contribution in [3.05, 3.63) is 57.9 Å². The summed E-state index contributed by atoms with van der Waals surface area (Å²) in [5.74, 6) is 0.161.